The van der Waals surface area contributed by atoms with E-state index in [4.69, 9.17) is 18.5 Å². The molecule has 0 spiro atoms. The number of likely N-dealkylation sites (N-methyl/N-ethyl adjacent to an activating group) is 1. The number of carbonyl (C=O) groups excluding carboxylic acids is 2. The Morgan fingerprint density at radius 3 is 1.76 bits per heavy atom. The number of rotatable bonds is 38. The molecule has 0 aliphatic rings. The molecule has 54 heavy (non-hydrogen) atoms. The maximum Gasteiger partial charge on any atom is 0.472 e. The van der Waals surface area contributed by atoms with Crippen LogP contribution < -0.4 is 0 Å². The van der Waals surface area contributed by atoms with Gasteiger partial charge in [-0.2, -0.15) is 0 Å². The summed E-state index contributed by atoms with van der Waals surface area (Å²) in [6.45, 7) is 4.18. The van der Waals surface area contributed by atoms with E-state index in [-0.39, 0.29) is 26.1 Å². The normalized spacial score (nSPS) is 14.6. The summed E-state index contributed by atoms with van der Waals surface area (Å²) in [4.78, 5) is 35.3. The maximum absolute atomic E-state index is 12.7. The van der Waals surface area contributed by atoms with E-state index in [9.17, 15) is 24.2 Å². The Morgan fingerprint density at radius 1 is 0.667 bits per heavy atom. The number of phosphoric ester groups is 1. The highest BCUT2D eigenvalue weighted by molar-refractivity contribution is 7.47. The molecule has 3 atom stereocenters. The van der Waals surface area contributed by atoms with Crippen LogP contribution in [0.4, 0.5) is 0 Å². The minimum atomic E-state index is -4.39. The quantitative estimate of drug-likeness (QED) is 0.0157. The van der Waals surface area contributed by atoms with Gasteiger partial charge in [0.1, 0.15) is 19.8 Å². The first-order valence-electron chi connectivity index (χ1n) is 21.3. The molecule has 10 nitrogen and oxygen atoms in total. The van der Waals surface area contributed by atoms with Crippen LogP contribution in [0.1, 0.15) is 168 Å². The van der Waals surface area contributed by atoms with Crippen molar-refractivity contribution < 1.29 is 47.2 Å². The largest absolute Gasteiger partial charge is 0.472 e. The summed E-state index contributed by atoms with van der Waals surface area (Å²) >= 11 is 0. The minimum absolute atomic E-state index is 0.0164. The van der Waals surface area contributed by atoms with Crippen LogP contribution in [0.3, 0.4) is 0 Å². The highest BCUT2D eigenvalue weighted by atomic mass is 31.2. The summed E-state index contributed by atoms with van der Waals surface area (Å²) < 4.78 is 34.2. The van der Waals surface area contributed by atoms with Crippen LogP contribution >= 0.6 is 7.82 Å². The lowest BCUT2D eigenvalue weighted by molar-refractivity contribution is -0.870. The standard InChI is InChI=1S/C43H80NO9P/c1-6-8-10-12-14-15-16-17-18-19-20-22-26-31-35-43(47)53-41(39-52-54(48,49)51-37-36-44(3,4)5)38-50-42(46)34-30-27-23-25-29-33-40(45)32-28-24-21-13-11-9-7-2/h9,11,21,24,28,32,40-41,45H,6-8,10,12-20,22-23,25-27,29-31,33-39H2,1-5H3/p+1/b11-9+,24-21+,32-28+/t40?,41-/m1/s1. The molecule has 0 bridgehead atoms. The first kappa shape index (κ1) is 52.2. The van der Waals surface area contributed by atoms with Crippen molar-refractivity contribution in [2.45, 2.75) is 180 Å². The fourth-order valence-corrected chi connectivity index (χ4v) is 6.41. The lowest BCUT2D eigenvalue weighted by atomic mass is 10.0. The number of hydrogen-bond acceptors (Lipinski definition) is 8. The van der Waals surface area contributed by atoms with Gasteiger partial charge < -0.3 is 24.0 Å². The second-order valence-electron chi connectivity index (χ2n) is 15.6. The van der Waals surface area contributed by atoms with E-state index in [2.05, 4.69) is 32.1 Å². The minimum Gasteiger partial charge on any atom is -0.462 e. The Hall–Kier alpha value is -1.81. The number of aliphatic hydroxyl groups excluding tert-OH is 1. The van der Waals surface area contributed by atoms with Crippen LogP contribution in [0.15, 0.2) is 36.5 Å². The van der Waals surface area contributed by atoms with Crippen molar-refractivity contribution in [1.82, 2.24) is 0 Å². The van der Waals surface area contributed by atoms with Gasteiger partial charge in [0.25, 0.3) is 0 Å². The van der Waals surface area contributed by atoms with E-state index in [1.54, 1.807) is 0 Å². The van der Waals surface area contributed by atoms with Crippen molar-refractivity contribution in [2.24, 2.45) is 0 Å². The number of ether oxygens (including phenoxy) is 2. The third-order valence-electron chi connectivity index (χ3n) is 9.04. The molecule has 0 fully saturated rings. The van der Waals surface area contributed by atoms with E-state index >= 15 is 0 Å². The number of aliphatic hydroxyl groups is 1. The van der Waals surface area contributed by atoms with Gasteiger partial charge in [0, 0.05) is 12.8 Å². The van der Waals surface area contributed by atoms with Crippen molar-refractivity contribution in [3.8, 4) is 0 Å². The lowest BCUT2D eigenvalue weighted by Crippen LogP contribution is -2.37. The molecule has 0 aliphatic carbocycles. The molecular weight excluding hydrogens is 705 g/mol. The molecule has 0 rings (SSSR count). The second-order valence-corrected chi connectivity index (χ2v) is 17.0. The van der Waals surface area contributed by atoms with Crippen molar-refractivity contribution in [1.29, 1.82) is 0 Å². The Balaban J connectivity index is 4.45. The predicted octanol–water partition coefficient (Wildman–Crippen LogP) is 10.7. The smallest absolute Gasteiger partial charge is 0.462 e. The van der Waals surface area contributed by atoms with E-state index in [0.717, 1.165) is 57.8 Å². The Kier molecular flexibility index (Phi) is 34.4. The van der Waals surface area contributed by atoms with E-state index in [1.807, 2.05) is 39.4 Å². The number of hydrogen-bond donors (Lipinski definition) is 2. The summed E-state index contributed by atoms with van der Waals surface area (Å²) in [6.07, 6.45) is 34.9. The third kappa shape index (κ3) is 38.5. The monoisotopic (exact) mass is 787 g/mol. The predicted molar refractivity (Wildman–Crippen MR) is 221 cm³/mol. The zero-order valence-corrected chi connectivity index (χ0v) is 36.0. The van der Waals surface area contributed by atoms with Crippen molar-refractivity contribution in [3.05, 3.63) is 36.5 Å². The van der Waals surface area contributed by atoms with Gasteiger partial charge in [-0.1, -0.05) is 159 Å². The van der Waals surface area contributed by atoms with Crippen molar-refractivity contribution in [3.63, 3.8) is 0 Å². The first-order chi connectivity index (χ1) is 25.9. The molecule has 2 unspecified atom stereocenters. The number of unbranched alkanes of at least 4 members (excludes halogenated alkanes) is 17. The van der Waals surface area contributed by atoms with Gasteiger partial charge in [0.05, 0.1) is 33.9 Å². The zero-order valence-electron chi connectivity index (χ0n) is 35.1. The number of esters is 2. The van der Waals surface area contributed by atoms with Gasteiger partial charge in [-0.25, -0.2) is 4.57 Å². The summed E-state index contributed by atoms with van der Waals surface area (Å²) in [5.41, 5.74) is 0. The molecule has 0 aromatic carbocycles. The molecule has 0 aliphatic heterocycles. The van der Waals surface area contributed by atoms with E-state index in [1.165, 1.54) is 64.2 Å². The number of carbonyl (C=O) groups is 2. The number of quaternary nitrogens is 1. The molecule has 0 heterocycles. The fraction of sp³-hybridized carbons (Fsp3) is 0.814. The number of phosphoric acid groups is 1. The van der Waals surface area contributed by atoms with Crippen LogP contribution in [-0.4, -0.2) is 86.1 Å². The van der Waals surface area contributed by atoms with Gasteiger partial charge in [-0.3, -0.25) is 18.6 Å². The SMILES string of the molecule is CC/C=C/C/C=C/C=C/C(O)CCCCCCCC(=O)OC[C@H](COP(=O)(O)OCC[N+](C)(C)C)OC(=O)CCCCCCCCCCCCCCCC. The van der Waals surface area contributed by atoms with Gasteiger partial charge in [0.2, 0.25) is 0 Å². The van der Waals surface area contributed by atoms with Gasteiger partial charge in [-0.15, -0.1) is 0 Å². The molecule has 0 amide bonds. The van der Waals surface area contributed by atoms with Crippen LogP contribution in [-0.2, 0) is 32.7 Å². The number of nitrogens with zero attached hydrogens (tertiary/aromatic N) is 1. The van der Waals surface area contributed by atoms with Gasteiger partial charge >= 0.3 is 19.8 Å². The number of allylic oxidation sites excluding steroid dienone is 5. The average Bonchev–Trinajstić information content (AvgIpc) is 3.11. The lowest BCUT2D eigenvalue weighted by Gasteiger charge is -2.24. The third-order valence-corrected chi connectivity index (χ3v) is 10.0. The molecule has 0 radical (unpaired) electrons. The van der Waals surface area contributed by atoms with Crippen LogP contribution in [0, 0.1) is 0 Å². The maximum atomic E-state index is 12.7. The Morgan fingerprint density at radius 2 is 1.20 bits per heavy atom. The van der Waals surface area contributed by atoms with Crippen LogP contribution in [0.2, 0.25) is 0 Å². The Labute approximate surface area is 330 Å². The highest BCUT2D eigenvalue weighted by Crippen LogP contribution is 2.43. The molecule has 11 heteroatoms. The van der Waals surface area contributed by atoms with Crippen molar-refractivity contribution >= 4 is 19.8 Å². The molecular formula is C43H81NO9P+. The second kappa shape index (κ2) is 35.6. The summed E-state index contributed by atoms with van der Waals surface area (Å²) in [7, 11) is 1.42. The van der Waals surface area contributed by atoms with Gasteiger partial charge in [-0.05, 0) is 32.1 Å². The molecule has 0 saturated heterocycles. The molecule has 0 aromatic rings. The van der Waals surface area contributed by atoms with Gasteiger partial charge in [0.15, 0.2) is 6.10 Å². The van der Waals surface area contributed by atoms with E-state index < -0.39 is 38.6 Å². The molecule has 0 aromatic heterocycles. The summed E-state index contributed by atoms with van der Waals surface area (Å²) in [6, 6.07) is 0. The van der Waals surface area contributed by atoms with Crippen molar-refractivity contribution in [2.75, 3.05) is 47.5 Å². The topological polar surface area (TPSA) is 129 Å². The first-order valence-corrected chi connectivity index (χ1v) is 22.8. The summed E-state index contributed by atoms with van der Waals surface area (Å²) in [5.74, 6) is -0.873. The van der Waals surface area contributed by atoms with Crippen LogP contribution in [0.25, 0.3) is 0 Å². The fourth-order valence-electron chi connectivity index (χ4n) is 5.67. The zero-order chi connectivity index (χ0) is 40.2. The Bertz CT molecular complexity index is 1040. The van der Waals surface area contributed by atoms with E-state index in [0.29, 0.717) is 30.3 Å². The van der Waals surface area contributed by atoms with Crippen LogP contribution in [0.5, 0.6) is 0 Å². The average molecular weight is 787 g/mol. The molecule has 0 saturated carbocycles. The highest BCUT2D eigenvalue weighted by Gasteiger charge is 2.27. The molecule has 316 valence electrons. The molecule has 2 N–H and O–H groups in total. The summed E-state index contributed by atoms with van der Waals surface area (Å²) in [5, 5.41) is 10.1.